The van der Waals surface area contributed by atoms with Gasteiger partial charge in [-0.15, -0.1) is 0 Å². The molecule has 0 bridgehead atoms. The molecule has 0 saturated carbocycles. The molecule has 1 atom stereocenters. The molecule has 0 spiro atoms. The lowest BCUT2D eigenvalue weighted by molar-refractivity contribution is 0.388. The van der Waals surface area contributed by atoms with Gasteiger partial charge in [0.05, 0.1) is 6.04 Å². The number of aryl methyl sites for hydroxylation is 1. The molecule has 5 heteroatoms. The van der Waals surface area contributed by atoms with Gasteiger partial charge >= 0.3 is 10.1 Å². The molecule has 1 unspecified atom stereocenters. The molecule has 3 aromatic rings. The molecule has 0 saturated heterocycles. The first-order chi connectivity index (χ1) is 12.4. The molecule has 136 valence electrons. The second kappa shape index (κ2) is 7.38. The van der Waals surface area contributed by atoms with Crippen LogP contribution in [-0.4, -0.2) is 13.0 Å². The van der Waals surface area contributed by atoms with Crippen molar-refractivity contribution in [1.82, 2.24) is 4.57 Å². The monoisotopic (exact) mass is 369 g/mol. The fraction of sp³-hybridized carbons (Fsp3) is 0.238. The van der Waals surface area contributed by atoms with Crippen LogP contribution in [0, 0.1) is 12.8 Å². The Hall–Kier alpha value is -2.53. The van der Waals surface area contributed by atoms with E-state index in [9.17, 15) is 8.42 Å². The van der Waals surface area contributed by atoms with Gasteiger partial charge in [-0.05, 0) is 36.6 Å². The summed E-state index contributed by atoms with van der Waals surface area (Å²) in [6.07, 6.45) is 1.86. The zero-order chi connectivity index (χ0) is 18.7. The Morgan fingerprint density at radius 3 is 2.15 bits per heavy atom. The van der Waals surface area contributed by atoms with Crippen molar-refractivity contribution >= 4 is 10.1 Å². The van der Waals surface area contributed by atoms with E-state index in [0.29, 0.717) is 5.88 Å². The van der Waals surface area contributed by atoms with Crippen LogP contribution in [0.4, 0.5) is 0 Å². The van der Waals surface area contributed by atoms with Crippen molar-refractivity contribution in [3.63, 3.8) is 0 Å². The Bertz CT molecular complexity index is 958. The van der Waals surface area contributed by atoms with Crippen molar-refractivity contribution in [3.8, 4) is 5.88 Å². The van der Waals surface area contributed by atoms with E-state index in [4.69, 9.17) is 4.18 Å². The van der Waals surface area contributed by atoms with Crippen molar-refractivity contribution in [1.29, 1.82) is 0 Å². The summed E-state index contributed by atoms with van der Waals surface area (Å²) in [6, 6.07) is 20.1. The summed E-state index contributed by atoms with van der Waals surface area (Å²) in [5.74, 6) is 0.572. The molecule has 1 aromatic heterocycles. The molecule has 1 heterocycles. The van der Waals surface area contributed by atoms with Crippen LogP contribution in [0.5, 0.6) is 5.88 Å². The van der Waals surface area contributed by atoms with Crippen molar-refractivity contribution < 1.29 is 12.6 Å². The van der Waals surface area contributed by atoms with E-state index in [1.807, 2.05) is 48.0 Å². The van der Waals surface area contributed by atoms with Crippen LogP contribution < -0.4 is 4.18 Å². The third-order valence-corrected chi connectivity index (χ3v) is 5.56. The van der Waals surface area contributed by atoms with Gasteiger partial charge in [0.1, 0.15) is 4.90 Å². The van der Waals surface area contributed by atoms with E-state index in [2.05, 4.69) is 13.8 Å². The van der Waals surface area contributed by atoms with Crippen LogP contribution >= 0.6 is 0 Å². The van der Waals surface area contributed by atoms with E-state index in [1.165, 1.54) is 0 Å². The highest BCUT2D eigenvalue weighted by molar-refractivity contribution is 7.87. The van der Waals surface area contributed by atoms with Gasteiger partial charge in [0.15, 0.2) is 0 Å². The summed E-state index contributed by atoms with van der Waals surface area (Å²) >= 11 is 0. The Labute approximate surface area is 155 Å². The zero-order valence-electron chi connectivity index (χ0n) is 15.2. The molecule has 0 amide bonds. The van der Waals surface area contributed by atoms with Crippen LogP contribution in [-0.2, 0) is 10.1 Å². The van der Waals surface area contributed by atoms with Gasteiger partial charge in [0.2, 0.25) is 5.88 Å². The summed E-state index contributed by atoms with van der Waals surface area (Å²) in [6.45, 7) is 6.13. The van der Waals surface area contributed by atoms with Gasteiger partial charge in [0, 0.05) is 12.3 Å². The number of rotatable bonds is 6. The van der Waals surface area contributed by atoms with Crippen molar-refractivity contribution in [2.45, 2.75) is 31.7 Å². The number of hydrogen-bond donors (Lipinski definition) is 0. The van der Waals surface area contributed by atoms with Crippen LogP contribution in [0.25, 0.3) is 0 Å². The first kappa shape index (κ1) is 18.3. The van der Waals surface area contributed by atoms with Gasteiger partial charge in [-0.2, -0.15) is 8.42 Å². The van der Waals surface area contributed by atoms with Crippen molar-refractivity contribution in [2.75, 3.05) is 0 Å². The lowest BCUT2D eigenvalue weighted by Gasteiger charge is -2.25. The average molecular weight is 369 g/mol. The predicted octanol–water partition coefficient (Wildman–Crippen LogP) is 4.81. The first-order valence-corrected chi connectivity index (χ1v) is 10.0. The minimum absolute atomic E-state index is 0.0191. The maximum absolute atomic E-state index is 12.7. The van der Waals surface area contributed by atoms with E-state index in [0.717, 1.165) is 11.1 Å². The van der Waals surface area contributed by atoms with Gasteiger partial charge < -0.3 is 8.75 Å². The predicted molar refractivity (Wildman–Crippen MR) is 103 cm³/mol. The molecule has 0 radical (unpaired) electrons. The zero-order valence-corrected chi connectivity index (χ0v) is 16.0. The van der Waals surface area contributed by atoms with Crippen LogP contribution in [0.3, 0.4) is 0 Å². The minimum atomic E-state index is -3.88. The number of hydrogen-bond acceptors (Lipinski definition) is 3. The first-order valence-electron chi connectivity index (χ1n) is 8.61. The summed E-state index contributed by atoms with van der Waals surface area (Å²) in [7, 11) is -3.88. The molecule has 0 aliphatic heterocycles. The second-order valence-electron chi connectivity index (χ2n) is 6.70. The second-order valence-corrected chi connectivity index (χ2v) is 8.25. The van der Waals surface area contributed by atoms with Gasteiger partial charge in [0.25, 0.3) is 0 Å². The molecule has 0 aliphatic carbocycles. The smallest absolute Gasteiger partial charge is 0.340 e. The summed E-state index contributed by atoms with van der Waals surface area (Å²) in [4.78, 5) is 0.150. The van der Waals surface area contributed by atoms with Crippen LogP contribution in [0.1, 0.15) is 31.0 Å². The summed E-state index contributed by atoms with van der Waals surface area (Å²) in [5.41, 5.74) is 2.10. The summed E-state index contributed by atoms with van der Waals surface area (Å²) in [5, 5.41) is 0. The van der Waals surface area contributed by atoms with E-state index in [1.54, 1.807) is 36.4 Å². The molecule has 26 heavy (non-hydrogen) atoms. The molecule has 2 aromatic carbocycles. The minimum Gasteiger partial charge on any atom is -0.360 e. The number of benzene rings is 2. The van der Waals surface area contributed by atoms with E-state index < -0.39 is 10.1 Å². The van der Waals surface area contributed by atoms with Crippen LogP contribution in [0.2, 0.25) is 0 Å². The molecule has 0 N–H and O–H groups in total. The Morgan fingerprint density at radius 1 is 0.885 bits per heavy atom. The Balaban J connectivity index is 1.96. The van der Waals surface area contributed by atoms with Crippen molar-refractivity contribution in [2.24, 2.45) is 5.92 Å². The standard InChI is InChI=1S/C21H23NO3S/c1-16(2)21(18-8-5-4-6-9-18)22-15-7-10-20(22)25-26(23,24)19-13-11-17(3)12-14-19/h4-16,21H,1-3H3. The average Bonchev–Trinajstić information content (AvgIpc) is 3.03. The maximum Gasteiger partial charge on any atom is 0.340 e. The fourth-order valence-corrected chi connectivity index (χ4v) is 3.99. The van der Waals surface area contributed by atoms with E-state index in [-0.39, 0.29) is 16.9 Å². The fourth-order valence-electron chi connectivity index (χ4n) is 3.06. The quantitative estimate of drug-likeness (QED) is 0.586. The summed E-state index contributed by atoms with van der Waals surface area (Å²) < 4.78 is 32.7. The Morgan fingerprint density at radius 2 is 1.54 bits per heavy atom. The third kappa shape index (κ3) is 3.83. The molecule has 0 aliphatic rings. The highest BCUT2D eigenvalue weighted by atomic mass is 32.2. The van der Waals surface area contributed by atoms with Crippen molar-refractivity contribution in [3.05, 3.63) is 84.1 Å². The van der Waals surface area contributed by atoms with E-state index >= 15 is 0 Å². The number of nitrogens with zero attached hydrogens (tertiary/aromatic N) is 1. The number of aromatic nitrogens is 1. The normalized spacial score (nSPS) is 12.9. The topological polar surface area (TPSA) is 48.3 Å². The largest absolute Gasteiger partial charge is 0.360 e. The van der Waals surface area contributed by atoms with Crippen LogP contribution in [0.15, 0.2) is 77.8 Å². The third-order valence-electron chi connectivity index (χ3n) is 4.32. The molecule has 0 fully saturated rings. The van der Waals surface area contributed by atoms with Gasteiger partial charge in [-0.3, -0.25) is 0 Å². The maximum atomic E-state index is 12.7. The SMILES string of the molecule is Cc1ccc(S(=O)(=O)Oc2cccn2C(c2ccccc2)C(C)C)cc1. The lowest BCUT2D eigenvalue weighted by Crippen LogP contribution is -2.19. The van der Waals surface area contributed by atoms with Gasteiger partial charge in [-0.1, -0.05) is 61.9 Å². The van der Waals surface area contributed by atoms with Gasteiger partial charge in [-0.25, -0.2) is 0 Å². The molecular formula is C21H23NO3S. The molecule has 4 nitrogen and oxygen atoms in total. The lowest BCUT2D eigenvalue weighted by atomic mass is 9.96. The Kier molecular flexibility index (Phi) is 5.18. The molecular weight excluding hydrogens is 346 g/mol. The highest BCUT2D eigenvalue weighted by Gasteiger charge is 2.24. The molecule has 3 rings (SSSR count). The highest BCUT2D eigenvalue weighted by Crippen LogP contribution is 2.32.